The number of rotatable bonds is 4. The predicted octanol–water partition coefficient (Wildman–Crippen LogP) is 1.62. The molecule has 1 aromatic carbocycles. The van der Waals surface area contributed by atoms with Gasteiger partial charge in [-0.1, -0.05) is 0 Å². The van der Waals surface area contributed by atoms with Gasteiger partial charge in [-0.3, -0.25) is 4.21 Å². The van der Waals surface area contributed by atoms with E-state index in [0.29, 0.717) is 17.3 Å². The van der Waals surface area contributed by atoms with E-state index in [1.165, 1.54) is 0 Å². The first kappa shape index (κ1) is 14.1. The topological polar surface area (TPSA) is 86.7 Å². The Hall–Kier alpha value is -1.28. The van der Waals surface area contributed by atoms with Crippen molar-refractivity contribution in [1.82, 2.24) is 20.2 Å². The molecule has 2 aromatic rings. The highest BCUT2D eigenvalue weighted by Gasteiger charge is 2.16. The molecule has 0 bridgehead atoms. The average molecular weight is 344 g/mol. The number of hydrogen-bond donors (Lipinski definition) is 1. The van der Waals surface area contributed by atoms with Crippen molar-refractivity contribution in [2.75, 3.05) is 17.7 Å². The summed E-state index contributed by atoms with van der Waals surface area (Å²) in [6.07, 6.45) is 1.66. The molecule has 6 nitrogen and oxygen atoms in total. The second-order valence-electron chi connectivity index (χ2n) is 4.27. The fourth-order valence-electron chi connectivity index (χ4n) is 1.77. The summed E-state index contributed by atoms with van der Waals surface area (Å²) in [4.78, 5) is 0. The molecule has 0 radical (unpaired) electrons. The number of nitrogens with zero attached hydrogens (tertiary/aromatic N) is 4. The number of nitrogen functional groups attached to an aromatic ring is 1. The van der Waals surface area contributed by atoms with E-state index in [1.54, 1.807) is 10.9 Å². The number of nitrogens with two attached hydrogens (primary N) is 1. The summed E-state index contributed by atoms with van der Waals surface area (Å²) in [6, 6.07) is 5.51. The Morgan fingerprint density at radius 2 is 2.26 bits per heavy atom. The first-order valence-electron chi connectivity index (χ1n) is 5.62. The highest BCUT2D eigenvalue weighted by Crippen LogP contribution is 2.26. The number of hydrogen-bond acceptors (Lipinski definition) is 5. The normalized spacial score (nSPS) is 14.3. The Balaban J connectivity index is 2.38. The summed E-state index contributed by atoms with van der Waals surface area (Å²) < 4.78 is 13.8. The Morgan fingerprint density at radius 3 is 2.89 bits per heavy atom. The lowest BCUT2D eigenvalue weighted by atomic mass is 10.2. The molecule has 2 atom stereocenters. The van der Waals surface area contributed by atoms with Crippen LogP contribution in [0.25, 0.3) is 11.4 Å². The third kappa shape index (κ3) is 3.19. The van der Waals surface area contributed by atoms with Crippen molar-refractivity contribution in [2.45, 2.75) is 13.0 Å². The lowest BCUT2D eigenvalue weighted by molar-refractivity contribution is 0.521. The van der Waals surface area contributed by atoms with Crippen LogP contribution in [0.5, 0.6) is 0 Å². The first-order chi connectivity index (χ1) is 8.99. The van der Waals surface area contributed by atoms with E-state index < -0.39 is 10.8 Å². The van der Waals surface area contributed by atoms with Crippen molar-refractivity contribution in [3.05, 3.63) is 22.7 Å². The van der Waals surface area contributed by atoms with E-state index in [9.17, 15) is 4.21 Å². The summed E-state index contributed by atoms with van der Waals surface area (Å²) in [5.41, 5.74) is 7.32. The van der Waals surface area contributed by atoms with Gasteiger partial charge < -0.3 is 5.73 Å². The fraction of sp³-hybridized carbons (Fsp3) is 0.364. The maximum Gasteiger partial charge on any atom is 0.182 e. The number of halogens is 1. The number of benzene rings is 1. The summed E-state index contributed by atoms with van der Waals surface area (Å²) in [5.74, 6) is 1.13. The molecule has 8 heteroatoms. The first-order valence-corrected chi connectivity index (χ1v) is 8.14. The molecule has 1 heterocycles. The molecular weight excluding hydrogens is 330 g/mol. The van der Waals surface area contributed by atoms with Crippen LogP contribution in [0.4, 0.5) is 5.69 Å². The molecule has 0 amide bonds. The predicted molar refractivity (Wildman–Crippen MR) is 79.0 cm³/mol. The zero-order valence-corrected chi connectivity index (χ0v) is 13.0. The maximum absolute atomic E-state index is 11.3. The van der Waals surface area contributed by atoms with Crippen LogP contribution in [0, 0.1) is 0 Å². The molecular formula is C11H14BrN5OS. The quantitative estimate of drug-likeness (QED) is 0.852. The smallest absolute Gasteiger partial charge is 0.182 e. The van der Waals surface area contributed by atoms with Crippen molar-refractivity contribution < 1.29 is 4.21 Å². The van der Waals surface area contributed by atoms with Crippen LogP contribution in [-0.4, -0.2) is 36.4 Å². The van der Waals surface area contributed by atoms with E-state index in [0.717, 1.165) is 10.0 Å². The molecule has 102 valence electrons. The Kier molecular flexibility index (Phi) is 4.31. The van der Waals surface area contributed by atoms with Crippen LogP contribution in [0.15, 0.2) is 22.7 Å². The van der Waals surface area contributed by atoms with E-state index in [1.807, 2.05) is 25.1 Å². The minimum atomic E-state index is -0.902. The number of aromatic nitrogens is 4. The lowest BCUT2D eigenvalue weighted by Crippen LogP contribution is -2.15. The number of anilines is 1. The van der Waals surface area contributed by atoms with Gasteiger partial charge in [0.25, 0.3) is 0 Å². The van der Waals surface area contributed by atoms with Gasteiger partial charge in [-0.15, -0.1) is 5.10 Å². The maximum atomic E-state index is 11.3. The van der Waals surface area contributed by atoms with Gasteiger partial charge >= 0.3 is 0 Å². The molecule has 0 saturated carbocycles. The second-order valence-corrected chi connectivity index (χ2v) is 6.61. The monoisotopic (exact) mass is 343 g/mol. The molecule has 0 aliphatic carbocycles. The highest BCUT2D eigenvalue weighted by atomic mass is 79.9. The summed E-state index contributed by atoms with van der Waals surface area (Å²) in [5, 5.41) is 11.7. The van der Waals surface area contributed by atoms with E-state index in [-0.39, 0.29) is 6.04 Å². The molecule has 0 spiro atoms. The molecule has 0 saturated heterocycles. The van der Waals surface area contributed by atoms with Gasteiger partial charge in [-0.2, -0.15) is 0 Å². The minimum absolute atomic E-state index is 0.0410. The molecule has 0 fully saturated rings. The van der Waals surface area contributed by atoms with Gasteiger partial charge in [0.05, 0.1) is 6.04 Å². The fourth-order valence-corrected chi connectivity index (χ4v) is 2.84. The Morgan fingerprint density at radius 1 is 1.53 bits per heavy atom. The molecule has 0 aliphatic rings. The van der Waals surface area contributed by atoms with E-state index in [4.69, 9.17) is 5.73 Å². The zero-order valence-electron chi connectivity index (χ0n) is 10.6. The van der Waals surface area contributed by atoms with Gasteiger partial charge in [0.15, 0.2) is 5.82 Å². The zero-order chi connectivity index (χ0) is 14.0. The van der Waals surface area contributed by atoms with Gasteiger partial charge in [-0.25, -0.2) is 4.68 Å². The van der Waals surface area contributed by atoms with Crippen LogP contribution in [0.1, 0.15) is 13.0 Å². The van der Waals surface area contributed by atoms with Crippen LogP contribution in [-0.2, 0) is 10.8 Å². The SMILES string of the molecule is CC(CS(C)=O)n1nnnc1-c1ccc(Br)c(N)c1. The summed E-state index contributed by atoms with van der Waals surface area (Å²) in [7, 11) is -0.902. The lowest BCUT2D eigenvalue weighted by Gasteiger charge is -2.12. The van der Waals surface area contributed by atoms with Gasteiger partial charge in [-0.05, 0) is 51.5 Å². The van der Waals surface area contributed by atoms with Crippen molar-refractivity contribution in [3.63, 3.8) is 0 Å². The standard InChI is InChI=1S/C11H14BrN5OS/c1-7(6-19(2)18)17-11(14-15-16-17)8-3-4-9(12)10(13)5-8/h3-5,7H,6,13H2,1-2H3. The van der Waals surface area contributed by atoms with Crippen molar-refractivity contribution in [2.24, 2.45) is 0 Å². The van der Waals surface area contributed by atoms with Crippen molar-refractivity contribution >= 4 is 32.4 Å². The van der Waals surface area contributed by atoms with Gasteiger partial charge in [0.1, 0.15) is 0 Å². The van der Waals surface area contributed by atoms with Crippen LogP contribution >= 0.6 is 15.9 Å². The Labute approximate surface area is 122 Å². The molecule has 0 aliphatic heterocycles. The minimum Gasteiger partial charge on any atom is -0.398 e. The Bertz CT molecular complexity index is 615. The molecule has 2 rings (SSSR count). The second kappa shape index (κ2) is 5.79. The molecule has 2 unspecified atom stereocenters. The van der Waals surface area contributed by atoms with Crippen LogP contribution < -0.4 is 5.73 Å². The summed E-state index contributed by atoms with van der Waals surface area (Å²) in [6.45, 7) is 1.93. The van der Waals surface area contributed by atoms with E-state index >= 15 is 0 Å². The molecule has 19 heavy (non-hydrogen) atoms. The summed E-state index contributed by atoms with van der Waals surface area (Å²) >= 11 is 3.35. The van der Waals surface area contributed by atoms with Crippen molar-refractivity contribution in [3.8, 4) is 11.4 Å². The highest BCUT2D eigenvalue weighted by molar-refractivity contribution is 9.10. The van der Waals surface area contributed by atoms with E-state index in [2.05, 4.69) is 31.5 Å². The largest absolute Gasteiger partial charge is 0.398 e. The van der Waals surface area contributed by atoms with Gasteiger partial charge in [0, 0.05) is 38.5 Å². The number of tetrazole rings is 1. The molecule has 1 aromatic heterocycles. The third-order valence-corrected chi connectivity index (χ3v) is 4.31. The van der Waals surface area contributed by atoms with Crippen LogP contribution in [0.2, 0.25) is 0 Å². The molecule has 2 N–H and O–H groups in total. The third-order valence-electron chi connectivity index (χ3n) is 2.64. The van der Waals surface area contributed by atoms with Crippen molar-refractivity contribution in [1.29, 1.82) is 0 Å². The van der Waals surface area contributed by atoms with Crippen LogP contribution in [0.3, 0.4) is 0 Å². The van der Waals surface area contributed by atoms with Gasteiger partial charge in [0.2, 0.25) is 0 Å². The average Bonchev–Trinajstić information content (AvgIpc) is 2.81.